The van der Waals surface area contributed by atoms with Gasteiger partial charge in [0.2, 0.25) is 11.8 Å². The number of carbonyl (C=O) groups excluding carboxylic acids is 3. The predicted molar refractivity (Wildman–Crippen MR) is 70.1 cm³/mol. The third kappa shape index (κ3) is 3.41. The molecule has 0 bridgehead atoms. The summed E-state index contributed by atoms with van der Waals surface area (Å²) in [6.07, 6.45) is 1.17. The Morgan fingerprint density at radius 2 is 2.00 bits per heavy atom. The SMILES string of the molecule is NC(=O)CN(CC(=O)O)C(=O)N1CCN2C(=O)CCC2C1. The Labute approximate surface area is 121 Å². The molecule has 0 radical (unpaired) electrons. The van der Waals surface area contributed by atoms with Gasteiger partial charge in [-0.2, -0.15) is 0 Å². The van der Waals surface area contributed by atoms with Crippen LogP contribution in [0.1, 0.15) is 12.8 Å². The topological polar surface area (TPSA) is 124 Å². The lowest BCUT2D eigenvalue weighted by molar-refractivity contribution is -0.138. The lowest BCUT2D eigenvalue weighted by Crippen LogP contribution is -2.57. The van der Waals surface area contributed by atoms with Crippen molar-refractivity contribution in [1.29, 1.82) is 0 Å². The Hall–Kier alpha value is -2.32. The molecule has 1 unspecified atom stereocenters. The summed E-state index contributed by atoms with van der Waals surface area (Å²) < 4.78 is 0. The van der Waals surface area contributed by atoms with Crippen molar-refractivity contribution in [2.75, 3.05) is 32.7 Å². The van der Waals surface area contributed by atoms with E-state index in [0.29, 0.717) is 32.5 Å². The summed E-state index contributed by atoms with van der Waals surface area (Å²) in [4.78, 5) is 49.8. The van der Waals surface area contributed by atoms with E-state index in [1.807, 2.05) is 0 Å². The van der Waals surface area contributed by atoms with Crippen LogP contribution in [-0.4, -0.2) is 82.4 Å². The fraction of sp³-hybridized carbons (Fsp3) is 0.667. The molecule has 0 aliphatic carbocycles. The van der Waals surface area contributed by atoms with Crippen molar-refractivity contribution >= 4 is 23.8 Å². The molecule has 9 nitrogen and oxygen atoms in total. The highest BCUT2D eigenvalue weighted by Crippen LogP contribution is 2.23. The molecule has 2 aliphatic heterocycles. The summed E-state index contributed by atoms with van der Waals surface area (Å²) in [6.45, 7) is 0.114. The van der Waals surface area contributed by atoms with Crippen LogP contribution >= 0.6 is 0 Å². The van der Waals surface area contributed by atoms with Gasteiger partial charge in [0.1, 0.15) is 13.1 Å². The molecule has 0 aromatic rings. The maximum atomic E-state index is 12.3. The molecule has 0 aromatic carbocycles. The lowest BCUT2D eigenvalue weighted by Gasteiger charge is -2.39. The molecule has 2 aliphatic rings. The number of hydrogen-bond donors (Lipinski definition) is 2. The number of carboxylic acids is 1. The van der Waals surface area contributed by atoms with E-state index in [2.05, 4.69) is 0 Å². The summed E-state index contributed by atoms with van der Waals surface area (Å²) in [5, 5.41) is 8.81. The summed E-state index contributed by atoms with van der Waals surface area (Å²) in [6, 6.07) is -0.550. The van der Waals surface area contributed by atoms with Gasteiger partial charge < -0.3 is 25.5 Å². The first-order valence-corrected chi connectivity index (χ1v) is 6.72. The zero-order valence-electron chi connectivity index (χ0n) is 11.5. The Bertz CT molecular complexity index is 464. The average molecular weight is 298 g/mol. The maximum absolute atomic E-state index is 12.3. The highest BCUT2D eigenvalue weighted by molar-refractivity contribution is 5.86. The molecule has 0 spiro atoms. The van der Waals surface area contributed by atoms with Gasteiger partial charge in [0.05, 0.1) is 0 Å². The van der Waals surface area contributed by atoms with E-state index in [0.717, 1.165) is 4.90 Å². The first-order valence-electron chi connectivity index (χ1n) is 6.72. The van der Waals surface area contributed by atoms with Crippen molar-refractivity contribution in [2.45, 2.75) is 18.9 Å². The minimum Gasteiger partial charge on any atom is -0.480 e. The second-order valence-corrected chi connectivity index (χ2v) is 5.22. The van der Waals surface area contributed by atoms with Crippen LogP contribution in [0.4, 0.5) is 4.79 Å². The van der Waals surface area contributed by atoms with Gasteiger partial charge in [-0.05, 0) is 6.42 Å². The van der Waals surface area contributed by atoms with Crippen molar-refractivity contribution in [2.24, 2.45) is 5.73 Å². The van der Waals surface area contributed by atoms with E-state index in [1.165, 1.54) is 4.90 Å². The number of amides is 4. The van der Waals surface area contributed by atoms with Crippen LogP contribution in [0, 0.1) is 0 Å². The molecule has 0 saturated carbocycles. The number of aliphatic carboxylic acids is 1. The van der Waals surface area contributed by atoms with Crippen LogP contribution in [0.15, 0.2) is 0 Å². The minimum atomic E-state index is -1.21. The van der Waals surface area contributed by atoms with Gasteiger partial charge in [-0.1, -0.05) is 0 Å². The highest BCUT2D eigenvalue weighted by atomic mass is 16.4. The van der Waals surface area contributed by atoms with Crippen molar-refractivity contribution in [1.82, 2.24) is 14.7 Å². The number of fused-ring (bicyclic) bond motifs is 1. The number of nitrogens with two attached hydrogens (primary N) is 1. The van der Waals surface area contributed by atoms with Crippen molar-refractivity contribution in [3.63, 3.8) is 0 Å². The Morgan fingerprint density at radius 3 is 2.62 bits per heavy atom. The van der Waals surface area contributed by atoms with Crippen molar-refractivity contribution in [3.8, 4) is 0 Å². The smallest absolute Gasteiger partial charge is 0.323 e. The molecule has 2 heterocycles. The molecule has 2 saturated heterocycles. The van der Waals surface area contributed by atoms with Gasteiger partial charge >= 0.3 is 12.0 Å². The van der Waals surface area contributed by atoms with Crippen LogP contribution < -0.4 is 5.73 Å². The number of primary amides is 1. The Balaban J connectivity index is 2.01. The van der Waals surface area contributed by atoms with Crippen LogP contribution in [0.25, 0.3) is 0 Å². The van der Waals surface area contributed by atoms with Crippen molar-refractivity contribution in [3.05, 3.63) is 0 Å². The van der Waals surface area contributed by atoms with Gasteiger partial charge in [0.25, 0.3) is 0 Å². The number of hydrogen-bond acceptors (Lipinski definition) is 4. The highest BCUT2D eigenvalue weighted by Gasteiger charge is 2.38. The first kappa shape index (κ1) is 15.1. The van der Waals surface area contributed by atoms with Gasteiger partial charge in [-0.25, -0.2) is 4.79 Å². The molecular formula is C12H18N4O5. The minimum absolute atomic E-state index is 0.0181. The zero-order chi connectivity index (χ0) is 15.6. The summed E-state index contributed by atoms with van der Waals surface area (Å²) in [7, 11) is 0. The van der Waals surface area contributed by atoms with Gasteiger partial charge in [-0.15, -0.1) is 0 Å². The molecule has 9 heteroatoms. The zero-order valence-corrected chi connectivity index (χ0v) is 11.5. The molecule has 116 valence electrons. The Kier molecular flexibility index (Phi) is 4.29. The van der Waals surface area contributed by atoms with Crippen LogP contribution in [0.2, 0.25) is 0 Å². The number of carbonyl (C=O) groups is 4. The fourth-order valence-corrected chi connectivity index (χ4v) is 2.78. The second kappa shape index (κ2) is 5.98. The van der Waals surface area contributed by atoms with Crippen LogP contribution in [0.5, 0.6) is 0 Å². The molecule has 4 amide bonds. The summed E-state index contributed by atoms with van der Waals surface area (Å²) in [5.41, 5.74) is 5.04. The number of nitrogens with zero attached hydrogens (tertiary/aromatic N) is 3. The average Bonchev–Trinajstić information content (AvgIpc) is 2.77. The van der Waals surface area contributed by atoms with Crippen LogP contribution in [-0.2, 0) is 14.4 Å². The van der Waals surface area contributed by atoms with E-state index in [-0.39, 0.29) is 11.9 Å². The molecule has 0 aromatic heterocycles. The number of carboxylic acid groups (broad SMARTS) is 1. The fourth-order valence-electron chi connectivity index (χ4n) is 2.78. The second-order valence-electron chi connectivity index (χ2n) is 5.22. The third-order valence-electron chi connectivity index (χ3n) is 3.71. The van der Waals surface area contributed by atoms with Gasteiger partial charge in [0.15, 0.2) is 0 Å². The molecule has 21 heavy (non-hydrogen) atoms. The standard InChI is InChI=1S/C12H18N4O5/c13-9(17)6-15(7-11(19)20)12(21)14-3-4-16-8(5-14)1-2-10(16)18/h8H,1-7H2,(H2,13,17)(H,19,20). The normalized spacial score (nSPS) is 21.1. The van der Waals surface area contributed by atoms with E-state index in [1.54, 1.807) is 4.90 Å². The summed E-state index contributed by atoms with van der Waals surface area (Å²) in [5.74, 6) is -1.88. The monoisotopic (exact) mass is 298 g/mol. The molecule has 3 N–H and O–H groups in total. The third-order valence-corrected chi connectivity index (χ3v) is 3.71. The van der Waals surface area contributed by atoms with E-state index >= 15 is 0 Å². The summed E-state index contributed by atoms with van der Waals surface area (Å²) >= 11 is 0. The molecule has 2 rings (SSSR count). The van der Waals surface area contributed by atoms with Gasteiger partial charge in [0, 0.05) is 32.1 Å². The van der Waals surface area contributed by atoms with Crippen LogP contribution in [0.3, 0.4) is 0 Å². The van der Waals surface area contributed by atoms with Crippen molar-refractivity contribution < 1.29 is 24.3 Å². The van der Waals surface area contributed by atoms with E-state index < -0.39 is 31.0 Å². The Morgan fingerprint density at radius 1 is 1.29 bits per heavy atom. The molecule has 1 atom stereocenters. The van der Waals surface area contributed by atoms with Gasteiger partial charge in [-0.3, -0.25) is 14.4 Å². The largest absolute Gasteiger partial charge is 0.480 e. The number of rotatable bonds is 4. The van der Waals surface area contributed by atoms with E-state index in [9.17, 15) is 19.2 Å². The molecule has 2 fully saturated rings. The lowest BCUT2D eigenvalue weighted by atomic mass is 10.1. The maximum Gasteiger partial charge on any atom is 0.323 e. The molecular weight excluding hydrogens is 280 g/mol. The van der Waals surface area contributed by atoms with E-state index in [4.69, 9.17) is 10.8 Å². The number of urea groups is 1. The quantitative estimate of drug-likeness (QED) is 0.639. The predicted octanol–water partition coefficient (Wildman–Crippen LogP) is -1.72. The first-order chi connectivity index (χ1) is 9.88. The number of piperazine rings is 1.